The van der Waals surface area contributed by atoms with E-state index in [4.69, 9.17) is 5.73 Å². The van der Waals surface area contributed by atoms with Crippen LogP contribution in [0.25, 0.3) is 5.57 Å². The summed E-state index contributed by atoms with van der Waals surface area (Å²) in [5, 5.41) is 0. The first kappa shape index (κ1) is 17.1. The zero-order valence-electron chi connectivity index (χ0n) is 12.2. The summed E-state index contributed by atoms with van der Waals surface area (Å²) in [5.74, 6) is 0.275. The van der Waals surface area contributed by atoms with E-state index in [1.807, 2.05) is 13.8 Å². The number of allylic oxidation sites excluding steroid dienone is 5. The zero-order chi connectivity index (χ0) is 16.0. The Morgan fingerprint density at radius 2 is 2.05 bits per heavy atom. The summed E-state index contributed by atoms with van der Waals surface area (Å²) in [5.41, 5.74) is 6.88. The van der Waals surface area contributed by atoms with Crippen LogP contribution in [0.2, 0.25) is 0 Å². The number of rotatable bonds is 5. The van der Waals surface area contributed by atoms with Crippen LogP contribution >= 0.6 is 0 Å². The molecule has 0 bridgehead atoms. The summed E-state index contributed by atoms with van der Waals surface area (Å²) in [4.78, 5) is 0. The van der Waals surface area contributed by atoms with Gasteiger partial charge in [-0.05, 0) is 41.7 Å². The Morgan fingerprint density at radius 3 is 2.62 bits per heavy atom. The van der Waals surface area contributed by atoms with Gasteiger partial charge in [-0.25, -0.2) is 0 Å². The van der Waals surface area contributed by atoms with Crippen molar-refractivity contribution in [1.82, 2.24) is 0 Å². The Morgan fingerprint density at radius 1 is 1.38 bits per heavy atom. The van der Waals surface area contributed by atoms with Crippen LogP contribution in [0, 0.1) is 5.92 Å². The van der Waals surface area contributed by atoms with Gasteiger partial charge in [0.05, 0.1) is 5.56 Å². The van der Waals surface area contributed by atoms with Gasteiger partial charge in [-0.15, -0.1) is 0 Å². The van der Waals surface area contributed by atoms with E-state index in [0.29, 0.717) is 11.1 Å². The maximum absolute atomic E-state index is 12.6. The molecule has 0 saturated carbocycles. The third-order valence-electron chi connectivity index (χ3n) is 3.33. The Balaban J connectivity index is 2.86. The number of hydrogen-bond acceptors (Lipinski definition) is 1. The summed E-state index contributed by atoms with van der Waals surface area (Å²) >= 11 is 0. The van der Waals surface area contributed by atoms with Gasteiger partial charge >= 0.3 is 6.18 Å². The lowest BCUT2D eigenvalue weighted by atomic mass is 10.0. The Bertz CT molecular complexity index is 553. The van der Waals surface area contributed by atoms with Crippen molar-refractivity contribution >= 4 is 5.57 Å². The molecule has 0 fully saturated rings. The van der Waals surface area contributed by atoms with E-state index in [1.165, 1.54) is 6.07 Å². The molecule has 0 spiro atoms. The fourth-order valence-electron chi connectivity index (χ4n) is 1.67. The molecule has 0 aliphatic carbocycles. The van der Waals surface area contributed by atoms with Crippen molar-refractivity contribution in [3.8, 4) is 0 Å². The molecule has 0 aliphatic rings. The molecule has 1 aromatic carbocycles. The quantitative estimate of drug-likeness (QED) is 0.746. The molecule has 0 aliphatic heterocycles. The largest absolute Gasteiger partial charge is 0.416 e. The summed E-state index contributed by atoms with van der Waals surface area (Å²) in [6.07, 6.45) is 1.72. The molecule has 2 N–H and O–H groups in total. The van der Waals surface area contributed by atoms with Crippen LogP contribution in [0.3, 0.4) is 0 Å². The van der Waals surface area contributed by atoms with Crippen molar-refractivity contribution in [3.63, 3.8) is 0 Å². The summed E-state index contributed by atoms with van der Waals surface area (Å²) in [7, 11) is 0. The van der Waals surface area contributed by atoms with Crippen LogP contribution in [-0.4, -0.2) is 0 Å². The topological polar surface area (TPSA) is 26.0 Å². The molecule has 0 aromatic heterocycles. The maximum atomic E-state index is 12.6. The molecule has 0 saturated heterocycles. The number of benzene rings is 1. The molecule has 0 heterocycles. The SMILES string of the molecule is C=C(/C=C\C=C(\N)C(C)CC)c1cccc(C(F)(F)F)c1. The van der Waals surface area contributed by atoms with E-state index < -0.39 is 11.7 Å². The van der Waals surface area contributed by atoms with Crippen molar-refractivity contribution in [2.24, 2.45) is 11.7 Å². The van der Waals surface area contributed by atoms with E-state index in [0.717, 1.165) is 24.3 Å². The Labute approximate surface area is 123 Å². The van der Waals surface area contributed by atoms with E-state index in [-0.39, 0.29) is 5.92 Å². The molecule has 1 aromatic rings. The van der Waals surface area contributed by atoms with Crippen LogP contribution < -0.4 is 5.73 Å². The monoisotopic (exact) mass is 295 g/mol. The molecule has 4 heteroatoms. The van der Waals surface area contributed by atoms with Gasteiger partial charge in [0.15, 0.2) is 0 Å². The first-order chi connectivity index (χ1) is 9.75. The van der Waals surface area contributed by atoms with E-state index in [1.54, 1.807) is 24.3 Å². The fourth-order valence-corrected chi connectivity index (χ4v) is 1.67. The van der Waals surface area contributed by atoms with E-state index in [9.17, 15) is 13.2 Å². The lowest BCUT2D eigenvalue weighted by Crippen LogP contribution is -2.06. The normalized spacial score (nSPS) is 14.4. The zero-order valence-corrected chi connectivity index (χ0v) is 12.2. The van der Waals surface area contributed by atoms with Gasteiger partial charge in [0.1, 0.15) is 0 Å². The van der Waals surface area contributed by atoms with Crippen LogP contribution in [0.5, 0.6) is 0 Å². The molecular formula is C17H20F3N. The molecule has 114 valence electrons. The smallest absolute Gasteiger partial charge is 0.402 e. The predicted octanol–water partition coefficient (Wildman–Crippen LogP) is 5.16. The second kappa shape index (κ2) is 7.16. The minimum absolute atomic E-state index is 0.275. The molecular weight excluding hydrogens is 275 g/mol. The lowest BCUT2D eigenvalue weighted by Gasteiger charge is -2.09. The van der Waals surface area contributed by atoms with Crippen LogP contribution in [0.4, 0.5) is 13.2 Å². The summed E-state index contributed by atoms with van der Waals surface area (Å²) < 4.78 is 37.9. The maximum Gasteiger partial charge on any atom is 0.416 e. The molecule has 1 atom stereocenters. The third kappa shape index (κ3) is 5.14. The highest BCUT2D eigenvalue weighted by Gasteiger charge is 2.30. The first-order valence-electron chi connectivity index (χ1n) is 6.76. The van der Waals surface area contributed by atoms with Crippen molar-refractivity contribution < 1.29 is 13.2 Å². The predicted molar refractivity (Wildman–Crippen MR) is 81.3 cm³/mol. The van der Waals surface area contributed by atoms with Gasteiger partial charge in [0, 0.05) is 5.70 Å². The van der Waals surface area contributed by atoms with Crippen molar-refractivity contribution in [3.05, 3.63) is 65.9 Å². The van der Waals surface area contributed by atoms with Crippen LogP contribution in [0.1, 0.15) is 31.4 Å². The fraction of sp³-hybridized carbons (Fsp3) is 0.294. The van der Waals surface area contributed by atoms with Gasteiger partial charge < -0.3 is 5.73 Å². The number of hydrogen-bond donors (Lipinski definition) is 1. The standard InChI is InChI=1S/C17H20F3N/c1-4-12(2)16(21)10-5-7-13(3)14-8-6-9-15(11-14)17(18,19)20/h5-12H,3-4,21H2,1-2H3/b7-5-,16-10+. The molecule has 0 amide bonds. The van der Waals surface area contributed by atoms with Crippen molar-refractivity contribution in [2.45, 2.75) is 26.4 Å². The minimum atomic E-state index is -4.35. The van der Waals surface area contributed by atoms with E-state index >= 15 is 0 Å². The third-order valence-corrected chi connectivity index (χ3v) is 3.33. The van der Waals surface area contributed by atoms with Crippen molar-refractivity contribution in [1.29, 1.82) is 0 Å². The lowest BCUT2D eigenvalue weighted by molar-refractivity contribution is -0.137. The average molecular weight is 295 g/mol. The van der Waals surface area contributed by atoms with E-state index in [2.05, 4.69) is 6.58 Å². The number of alkyl halides is 3. The molecule has 21 heavy (non-hydrogen) atoms. The second-order valence-corrected chi connectivity index (χ2v) is 4.94. The van der Waals surface area contributed by atoms with Crippen LogP contribution in [0.15, 0.2) is 54.8 Å². The van der Waals surface area contributed by atoms with Crippen molar-refractivity contribution in [2.75, 3.05) is 0 Å². The van der Waals surface area contributed by atoms with Gasteiger partial charge in [-0.3, -0.25) is 0 Å². The highest BCUT2D eigenvalue weighted by molar-refractivity contribution is 5.72. The molecule has 0 radical (unpaired) electrons. The van der Waals surface area contributed by atoms with Crippen LogP contribution in [-0.2, 0) is 6.18 Å². The molecule has 1 rings (SSSR count). The second-order valence-electron chi connectivity index (χ2n) is 4.94. The average Bonchev–Trinajstić information content (AvgIpc) is 2.45. The van der Waals surface area contributed by atoms with Gasteiger partial charge in [0.25, 0.3) is 0 Å². The highest BCUT2D eigenvalue weighted by atomic mass is 19.4. The molecule has 1 nitrogen and oxygen atoms in total. The minimum Gasteiger partial charge on any atom is -0.402 e. The van der Waals surface area contributed by atoms with Gasteiger partial charge in [0.2, 0.25) is 0 Å². The summed E-state index contributed by atoms with van der Waals surface area (Å²) in [6.45, 7) is 7.84. The Kier molecular flexibility index (Phi) is 5.82. The Hall–Kier alpha value is -1.97. The number of nitrogens with two attached hydrogens (primary N) is 1. The molecule has 1 unspecified atom stereocenters. The van der Waals surface area contributed by atoms with Gasteiger partial charge in [-0.1, -0.05) is 44.7 Å². The number of halogens is 3. The first-order valence-corrected chi connectivity index (χ1v) is 6.76. The van der Waals surface area contributed by atoms with Gasteiger partial charge in [-0.2, -0.15) is 13.2 Å². The highest BCUT2D eigenvalue weighted by Crippen LogP contribution is 2.30. The summed E-state index contributed by atoms with van der Waals surface area (Å²) in [6, 6.07) is 5.11.